The molecule has 1 aromatic rings. The maximum atomic E-state index is 4.61. The van der Waals surface area contributed by atoms with Crippen molar-refractivity contribution < 1.29 is 18.8 Å². The van der Waals surface area contributed by atoms with Gasteiger partial charge in [0.15, 0.2) is 17.3 Å². The van der Waals surface area contributed by atoms with E-state index in [4.69, 9.17) is 0 Å². The summed E-state index contributed by atoms with van der Waals surface area (Å²) in [5, 5.41) is 7.20. The second-order valence-corrected chi connectivity index (χ2v) is 3.00. The van der Waals surface area contributed by atoms with Gasteiger partial charge in [-0.3, -0.25) is 10.3 Å². The van der Waals surface area contributed by atoms with E-state index in [1.54, 1.807) is 32.0 Å². The number of thiol groups is 1. The Balaban J connectivity index is 0.00000106. The van der Waals surface area contributed by atoms with E-state index in [2.05, 4.69) is 42.5 Å². The van der Waals surface area contributed by atoms with Crippen LogP contribution in [0.3, 0.4) is 0 Å². The average Bonchev–Trinajstić information content (AvgIpc) is 2.38. The van der Waals surface area contributed by atoms with Crippen molar-refractivity contribution >= 4 is 32.5 Å². The van der Waals surface area contributed by atoms with E-state index in [0.29, 0.717) is 5.11 Å². The Morgan fingerprint density at radius 1 is 1.56 bits per heavy atom. The molecule has 0 aliphatic heterocycles. The summed E-state index contributed by atoms with van der Waals surface area (Å²) in [5.41, 5.74) is 5.41. The Hall–Kier alpha value is -0.352. The summed E-state index contributed by atoms with van der Waals surface area (Å²) >= 11 is 5.64. The molecular formula is C9H12ClN4PtS. The molecular weight excluding hydrogens is 427 g/mol. The molecule has 0 aliphatic carbocycles. The monoisotopic (exact) mass is 438 g/mol. The molecule has 0 bridgehead atoms. The molecule has 1 rings (SSSR count). The van der Waals surface area contributed by atoms with Crippen molar-refractivity contribution in [2.45, 2.75) is 6.92 Å². The molecule has 0 saturated heterocycles. The Labute approximate surface area is 116 Å². The molecule has 16 heavy (non-hydrogen) atoms. The van der Waals surface area contributed by atoms with Crippen LogP contribution in [0.5, 0.6) is 0 Å². The molecule has 0 radical (unpaired) electrons. The zero-order valence-electron chi connectivity index (χ0n) is 8.79. The van der Waals surface area contributed by atoms with E-state index in [9.17, 15) is 0 Å². The molecule has 0 amide bonds. The van der Waals surface area contributed by atoms with Crippen molar-refractivity contribution in [3.8, 4) is 0 Å². The van der Waals surface area contributed by atoms with Gasteiger partial charge in [0.2, 0.25) is 0 Å². The van der Waals surface area contributed by atoms with Crippen LogP contribution in [-0.4, -0.2) is 22.9 Å². The molecule has 0 spiro atoms. The summed E-state index contributed by atoms with van der Waals surface area (Å²) < 4.78 is 0. The molecule has 0 aromatic carbocycles. The molecule has 0 aliphatic rings. The third-order valence-electron chi connectivity index (χ3n) is 1.55. The number of nitrogens with one attached hydrogen (secondary N) is 1. The fourth-order valence-electron chi connectivity index (χ4n) is 0.800. The Kier molecular flexibility index (Phi) is 9.63. The van der Waals surface area contributed by atoms with Gasteiger partial charge in [0.25, 0.3) is 0 Å². The SMILES string of the molecule is CNC(=[SH+])[N-]N=C(C)c1ccccn1.[Cl][Pt]. The van der Waals surface area contributed by atoms with E-state index in [-0.39, 0.29) is 0 Å². The number of hydrogen-bond acceptors (Lipinski definition) is 2. The minimum absolute atomic E-state index is 0.472. The van der Waals surface area contributed by atoms with Crippen LogP contribution >= 0.6 is 9.42 Å². The molecule has 1 heterocycles. The van der Waals surface area contributed by atoms with Crippen LogP contribution in [0.1, 0.15) is 12.6 Å². The van der Waals surface area contributed by atoms with Crippen molar-refractivity contribution in [2.24, 2.45) is 5.10 Å². The number of hydrogen-bond donors (Lipinski definition) is 1. The Bertz CT molecular complexity index is 345. The van der Waals surface area contributed by atoms with Crippen LogP contribution in [0, 0.1) is 0 Å². The van der Waals surface area contributed by atoms with Crippen molar-refractivity contribution in [3.63, 3.8) is 0 Å². The summed E-state index contributed by atoms with van der Waals surface area (Å²) in [4.78, 5) is 4.14. The van der Waals surface area contributed by atoms with Gasteiger partial charge >= 0.3 is 28.2 Å². The van der Waals surface area contributed by atoms with Crippen LogP contribution < -0.4 is 5.32 Å². The first-order valence-electron chi connectivity index (χ1n) is 4.26. The van der Waals surface area contributed by atoms with Gasteiger partial charge in [0, 0.05) is 11.9 Å². The Morgan fingerprint density at radius 3 is 2.75 bits per heavy atom. The molecule has 0 unspecified atom stereocenters. The second-order valence-electron chi connectivity index (χ2n) is 2.57. The fraction of sp³-hybridized carbons (Fsp3) is 0.222. The summed E-state index contributed by atoms with van der Waals surface area (Å²) in [6.07, 6.45) is 1.72. The first-order valence-corrected chi connectivity index (χ1v) is 7.52. The van der Waals surface area contributed by atoms with E-state index in [0.717, 1.165) is 11.4 Å². The van der Waals surface area contributed by atoms with Crippen molar-refractivity contribution in [3.05, 3.63) is 35.5 Å². The van der Waals surface area contributed by atoms with Gasteiger partial charge in [-0.2, -0.15) is 0 Å². The first-order chi connectivity index (χ1) is 7.74. The third-order valence-corrected chi connectivity index (χ3v) is 1.87. The number of pyridine rings is 1. The Morgan fingerprint density at radius 2 is 2.25 bits per heavy atom. The van der Waals surface area contributed by atoms with Gasteiger partial charge in [0.05, 0.1) is 5.69 Å². The average molecular weight is 439 g/mol. The molecule has 4 nitrogen and oxygen atoms in total. The van der Waals surface area contributed by atoms with Crippen molar-refractivity contribution in [1.29, 1.82) is 0 Å². The maximum absolute atomic E-state index is 4.61. The van der Waals surface area contributed by atoms with Gasteiger partial charge in [-0.1, -0.05) is 6.07 Å². The van der Waals surface area contributed by atoms with Crippen molar-refractivity contribution in [2.75, 3.05) is 7.05 Å². The standard InChI is InChI=1S/C9H12N4S.ClH.Pt/c1-7(12-13-9(14)10-2)8-5-3-4-6-11-8;;/h3-6H,1-2H3,(H2,10,11,13,14);1H;/q;;+1/p-1. The van der Waals surface area contributed by atoms with Crippen LogP contribution in [0.2, 0.25) is 0 Å². The molecule has 91 valence electrons. The van der Waals surface area contributed by atoms with E-state index >= 15 is 0 Å². The number of aromatic nitrogens is 1. The van der Waals surface area contributed by atoms with Gasteiger partial charge in [-0.05, 0) is 26.1 Å². The van der Waals surface area contributed by atoms with Crippen LogP contribution in [0.4, 0.5) is 0 Å². The quantitative estimate of drug-likeness (QED) is 0.250. The summed E-state index contributed by atoms with van der Waals surface area (Å²) in [5.74, 6) is 0. The van der Waals surface area contributed by atoms with E-state index in [1.807, 2.05) is 25.1 Å². The van der Waals surface area contributed by atoms with Gasteiger partial charge in [0.1, 0.15) is 0 Å². The third kappa shape index (κ3) is 6.28. The molecule has 1 aromatic heterocycles. The number of nitrogens with zero attached hydrogens (tertiary/aromatic N) is 3. The normalized spacial score (nSPS) is 10.2. The number of halogens is 1. The zero-order valence-corrected chi connectivity index (χ0v) is 12.7. The molecule has 0 atom stereocenters. The van der Waals surface area contributed by atoms with Gasteiger partial charge < -0.3 is 10.5 Å². The molecule has 0 fully saturated rings. The van der Waals surface area contributed by atoms with E-state index < -0.39 is 0 Å². The van der Waals surface area contributed by atoms with Crippen LogP contribution in [0.25, 0.3) is 5.43 Å². The van der Waals surface area contributed by atoms with Crippen LogP contribution in [-0.2, 0) is 31.0 Å². The predicted molar refractivity (Wildman–Crippen MR) is 68.5 cm³/mol. The number of rotatable bonds is 2. The van der Waals surface area contributed by atoms with Crippen LogP contribution in [0.15, 0.2) is 29.5 Å². The second kappa shape index (κ2) is 9.84. The van der Waals surface area contributed by atoms with Crippen molar-refractivity contribution in [1.82, 2.24) is 10.3 Å². The first kappa shape index (κ1) is 15.6. The molecule has 1 N–H and O–H groups in total. The molecule has 7 heteroatoms. The fourth-order valence-corrected chi connectivity index (χ4v) is 0.845. The summed E-state index contributed by atoms with van der Waals surface area (Å²) in [6.45, 7) is 1.85. The zero-order chi connectivity index (χ0) is 12.4. The minimum atomic E-state index is 0.472. The van der Waals surface area contributed by atoms with Gasteiger partial charge in [-0.15, -0.1) is 0 Å². The molecule has 0 saturated carbocycles. The summed E-state index contributed by atoms with van der Waals surface area (Å²) in [7, 11) is 6.34. The summed E-state index contributed by atoms with van der Waals surface area (Å²) in [6, 6.07) is 5.65. The topological polar surface area (TPSA) is 51.4 Å². The predicted octanol–water partition coefficient (Wildman–Crippen LogP) is 1.45. The van der Waals surface area contributed by atoms with E-state index in [1.165, 1.54) is 0 Å². The van der Waals surface area contributed by atoms with Gasteiger partial charge in [-0.25, -0.2) is 0 Å².